The van der Waals surface area contributed by atoms with E-state index < -0.39 is 10.0 Å². The van der Waals surface area contributed by atoms with Crippen molar-refractivity contribution >= 4 is 38.0 Å². The summed E-state index contributed by atoms with van der Waals surface area (Å²) in [7, 11) is -3.73. The van der Waals surface area contributed by atoms with E-state index in [0.717, 1.165) is 40.3 Å². The number of carbonyl (C=O) groups is 1. The van der Waals surface area contributed by atoms with Gasteiger partial charge < -0.3 is 4.74 Å². The molecule has 1 aliphatic rings. The zero-order valence-corrected chi connectivity index (χ0v) is 16.8. The molecule has 5 nitrogen and oxygen atoms in total. The van der Waals surface area contributed by atoms with Gasteiger partial charge >= 0.3 is 5.97 Å². The fraction of sp³-hybridized carbons (Fsp3) is 0.174. The van der Waals surface area contributed by atoms with Crippen molar-refractivity contribution in [3.05, 3.63) is 77.9 Å². The largest absolute Gasteiger partial charge is 0.463 e. The van der Waals surface area contributed by atoms with Gasteiger partial charge in [0.25, 0.3) is 10.0 Å². The van der Waals surface area contributed by atoms with Crippen LogP contribution in [-0.4, -0.2) is 21.0 Å². The van der Waals surface area contributed by atoms with Crippen LogP contribution >= 0.6 is 0 Å². The molecule has 0 bridgehead atoms. The summed E-state index contributed by atoms with van der Waals surface area (Å²) in [5, 5.41) is 1.85. The number of benzene rings is 3. The maximum absolute atomic E-state index is 12.9. The Morgan fingerprint density at radius 1 is 1.03 bits per heavy atom. The predicted molar refractivity (Wildman–Crippen MR) is 114 cm³/mol. The van der Waals surface area contributed by atoms with Gasteiger partial charge in [0.15, 0.2) is 0 Å². The molecule has 0 aromatic heterocycles. The Balaban J connectivity index is 1.63. The van der Waals surface area contributed by atoms with Gasteiger partial charge in [-0.1, -0.05) is 36.4 Å². The van der Waals surface area contributed by atoms with Gasteiger partial charge in [0.1, 0.15) is 0 Å². The zero-order valence-electron chi connectivity index (χ0n) is 16.0. The Morgan fingerprint density at radius 2 is 1.83 bits per heavy atom. The number of hydrogen-bond donors (Lipinski definition) is 1. The summed E-state index contributed by atoms with van der Waals surface area (Å²) in [5.41, 5.74) is 3.31. The van der Waals surface area contributed by atoms with E-state index in [2.05, 4.69) is 4.72 Å². The normalized spacial score (nSPS) is 14.7. The van der Waals surface area contributed by atoms with Gasteiger partial charge in [0.05, 0.1) is 11.5 Å². The predicted octanol–water partition coefficient (Wildman–Crippen LogP) is 4.53. The number of esters is 1. The first-order valence-corrected chi connectivity index (χ1v) is 11.0. The Labute approximate surface area is 170 Å². The van der Waals surface area contributed by atoms with Crippen LogP contribution in [-0.2, 0) is 26.0 Å². The molecule has 29 heavy (non-hydrogen) atoms. The molecule has 0 amide bonds. The molecule has 0 heterocycles. The lowest BCUT2D eigenvalue weighted by molar-refractivity contribution is -0.137. The molecule has 6 heteroatoms. The standard InChI is InChI=1S/C23H21NO4S/c1-2-28-23(25)14-19-8-7-17-9-11-20(15-22(17)19)24-29(26,27)21-12-10-16-5-3-4-6-18(16)13-21/h3-6,9-15,24H,2,7-8H2,1H3/b19-14+. The average Bonchev–Trinajstić information content (AvgIpc) is 3.09. The monoisotopic (exact) mass is 407 g/mol. The minimum atomic E-state index is -3.73. The first-order chi connectivity index (χ1) is 14.0. The summed E-state index contributed by atoms with van der Waals surface area (Å²) in [6.07, 6.45) is 3.05. The smallest absolute Gasteiger partial charge is 0.331 e. The molecule has 0 unspecified atom stereocenters. The van der Waals surface area contributed by atoms with Gasteiger partial charge in [-0.25, -0.2) is 13.2 Å². The van der Waals surface area contributed by atoms with Crippen LogP contribution in [0.1, 0.15) is 24.5 Å². The van der Waals surface area contributed by atoms with E-state index in [1.165, 1.54) is 6.08 Å². The van der Waals surface area contributed by atoms with Gasteiger partial charge in [0, 0.05) is 11.8 Å². The van der Waals surface area contributed by atoms with Crippen molar-refractivity contribution in [2.75, 3.05) is 11.3 Å². The quantitative estimate of drug-likeness (QED) is 0.498. The van der Waals surface area contributed by atoms with E-state index in [4.69, 9.17) is 4.74 Å². The summed E-state index contributed by atoms with van der Waals surface area (Å²) in [6, 6.07) is 18.1. The number of allylic oxidation sites excluding steroid dienone is 1. The van der Waals surface area contributed by atoms with Gasteiger partial charge in [-0.05, 0) is 71.5 Å². The number of nitrogens with one attached hydrogen (secondary N) is 1. The third-order valence-electron chi connectivity index (χ3n) is 4.98. The second kappa shape index (κ2) is 7.72. The fourth-order valence-electron chi connectivity index (χ4n) is 3.59. The van der Waals surface area contributed by atoms with Crippen LogP contribution in [0.5, 0.6) is 0 Å². The van der Waals surface area contributed by atoms with Crippen LogP contribution in [0.15, 0.2) is 71.6 Å². The fourth-order valence-corrected chi connectivity index (χ4v) is 4.67. The second-order valence-corrected chi connectivity index (χ2v) is 8.59. The Morgan fingerprint density at radius 3 is 2.62 bits per heavy atom. The number of fused-ring (bicyclic) bond motifs is 2. The Hall–Kier alpha value is -3.12. The minimum absolute atomic E-state index is 0.207. The molecule has 1 aliphatic carbocycles. The number of ether oxygens (including phenoxy) is 1. The number of rotatable bonds is 5. The summed E-state index contributed by atoms with van der Waals surface area (Å²) in [5.74, 6) is -0.377. The maximum Gasteiger partial charge on any atom is 0.331 e. The van der Waals surface area contributed by atoms with Gasteiger partial charge in [-0.2, -0.15) is 0 Å². The molecular weight excluding hydrogens is 386 g/mol. The average molecular weight is 407 g/mol. The number of anilines is 1. The van der Waals surface area contributed by atoms with E-state index in [1.807, 2.05) is 30.3 Å². The molecule has 3 aromatic rings. The van der Waals surface area contributed by atoms with Crippen molar-refractivity contribution in [1.29, 1.82) is 0 Å². The number of aryl methyl sites for hydroxylation is 1. The summed E-state index contributed by atoms with van der Waals surface area (Å²) < 4.78 is 33.4. The molecular formula is C23H21NO4S. The molecule has 0 saturated carbocycles. The van der Waals surface area contributed by atoms with E-state index >= 15 is 0 Å². The molecule has 4 rings (SSSR count). The van der Waals surface area contributed by atoms with Crippen molar-refractivity contribution in [1.82, 2.24) is 0 Å². The molecule has 148 valence electrons. The molecule has 0 radical (unpaired) electrons. The van der Waals surface area contributed by atoms with Crippen LogP contribution in [0.25, 0.3) is 16.3 Å². The van der Waals surface area contributed by atoms with E-state index in [0.29, 0.717) is 12.3 Å². The highest BCUT2D eigenvalue weighted by Gasteiger charge is 2.20. The Bertz CT molecular complexity index is 1230. The third-order valence-corrected chi connectivity index (χ3v) is 6.36. The SMILES string of the molecule is CCOC(=O)/C=C1\CCc2ccc(NS(=O)(=O)c3ccc4ccccc4c3)cc21. The minimum Gasteiger partial charge on any atom is -0.463 e. The number of hydrogen-bond acceptors (Lipinski definition) is 4. The molecule has 0 saturated heterocycles. The number of carbonyl (C=O) groups excluding carboxylic acids is 1. The van der Waals surface area contributed by atoms with Crippen molar-refractivity contribution < 1.29 is 17.9 Å². The first kappa shape index (κ1) is 19.2. The lowest BCUT2D eigenvalue weighted by atomic mass is 10.1. The number of sulfonamides is 1. The topological polar surface area (TPSA) is 72.5 Å². The van der Waals surface area contributed by atoms with Gasteiger partial charge in [-0.15, -0.1) is 0 Å². The van der Waals surface area contributed by atoms with Gasteiger partial charge in [0.2, 0.25) is 0 Å². The lowest BCUT2D eigenvalue weighted by Gasteiger charge is -2.11. The van der Waals surface area contributed by atoms with Crippen molar-refractivity contribution in [3.63, 3.8) is 0 Å². The molecule has 3 aromatic carbocycles. The summed E-state index contributed by atoms with van der Waals surface area (Å²) in [4.78, 5) is 12.0. The second-order valence-electron chi connectivity index (χ2n) is 6.91. The maximum atomic E-state index is 12.9. The lowest BCUT2D eigenvalue weighted by Crippen LogP contribution is -2.13. The van der Waals surface area contributed by atoms with Crippen LogP contribution in [0, 0.1) is 0 Å². The van der Waals surface area contributed by atoms with Crippen LogP contribution in [0.4, 0.5) is 5.69 Å². The summed E-state index contributed by atoms with van der Waals surface area (Å²) in [6.45, 7) is 2.08. The van der Waals surface area contributed by atoms with E-state index in [-0.39, 0.29) is 10.9 Å². The molecule has 0 fully saturated rings. The molecule has 0 aliphatic heterocycles. The van der Waals surface area contributed by atoms with E-state index in [1.54, 1.807) is 37.3 Å². The highest BCUT2D eigenvalue weighted by atomic mass is 32.2. The van der Waals surface area contributed by atoms with Crippen LogP contribution in [0.2, 0.25) is 0 Å². The zero-order chi connectivity index (χ0) is 20.4. The molecule has 1 N–H and O–H groups in total. The molecule has 0 spiro atoms. The third kappa shape index (κ3) is 4.03. The molecule has 0 atom stereocenters. The highest BCUT2D eigenvalue weighted by Crippen LogP contribution is 2.34. The van der Waals surface area contributed by atoms with Crippen LogP contribution in [0.3, 0.4) is 0 Å². The van der Waals surface area contributed by atoms with Crippen molar-refractivity contribution in [2.45, 2.75) is 24.7 Å². The van der Waals surface area contributed by atoms with Crippen LogP contribution < -0.4 is 4.72 Å². The highest BCUT2D eigenvalue weighted by molar-refractivity contribution is 7.92. The first-order valence-electron chi connectivity index (χ1n) is 9.48. The van der Waals surface area contributed by atoms with Gasteiger partial charge in [-0.3, -0.25) is 4.72 Å². The van der Waals surface area contributed by atoms with Crippen molar-refractivity contribution in [3.8, 4) is 0 Å². The van der Waals surface area contributed by atoms with E-state index in [9.17, 15) is 13.2 Å². The Kier molecular flexibility index (Phi) is 5.11. The van der Waals surface area contributed by atoms with Crippen molar-refractivity contribution in [2.24, 2.45) is 0 Å². The summed E-state index contributed by atoms with van der Waals surface area (Å²) >= 11 is 0.